The molecule has 0 unspecified atom stereocenters. The van der Waals surface area contributed by atoms with Crippen LogP contribution in [0.5, 0.6) is 11.8 Å². The molecule has 0 aliphatic heterocycles. The van der Waals surface area contributed by atoms with Gasteiger partial charge in [0.15, 0.2) is 0 Å². The summed E-state index contributed by atoms with van der Waals surface area (Å²) in [6.45, 7) is 1.95. The number of nitrogen functional groups attached to an aromatic ring is 1. The number of nitrogens with two attached hydrogens (primary N) is 1. The van der Waals surface area contributed by atoms with Crippen LogP contribution in [0.15, 0.2) is 18.2 Å². The second kappa shape index (κ2) is 5.38. The monoisotopic (exact) mass is 261 g/mol. The maximum atomic E-state index is 5.57. The molecule has 1 heterocycles. The van der Waals surface area contributed by atoms with Gasteiger partial charge in [0.25, 0.3) is 0 Å². The highest BCUT2D eigenvalue weighted by Gasteiger charge is 2.06. The van der Waals surface area contributed by atoms with Crippen LogP contribution in [0.1, 0.15) is 5.56 Å². The molecule has 3 N–H and O–H groups in total. The molecule has 7 nitrogen and oxygen atoms in total. The zero-order valence-corrected chi connectivity index (χ0v) is 11.0. The predicted molar refractivity (Wildman–Crippen MR) is 71.8 cm³/mol. The molecule has 0 saturated carbocycles. The first-order valence-corrected chi connectivity index (χ1v) is 5.59. The van der Waals surface area contributed by atoms with Crippen LogP contribution in [0.2, 0.25) is 0 Å². The van der Waals surface area contributed by atoms with E-state index in [4.69, 9.17) is 15.2 Å². The number of aromatic nitrogens is 3. The van der Waals surface area contributed by atoms with Crippen molar-refractivity contribution < 1.29 is 9.47 Å². The third kappa shape index (κ3) is 3.01. The number of nitrogens with zero attached hydrogens (tertiary/aromatic N) is 3. The van der Waals surface area contributed by atoms with Crippen LogP contribution in [0.3, 0.4) is 0 Å². The molecule has 0 bridgehead atoms. The maximum absolute atomic E-state index is 5.57. The first-order chi connectivity index (χ1) is 9.12. The van der Waals surface area contributed by atoms with E-state index in [0.717, 1.165) is 17.0 Å². The minimum absolute atomic E-state index is 0.0977. The highest BCUT2D eigenvalue weighted by Crippen LogP contribution is 2.23. The molecule has 0 fully saturated rings. The van der Waals surface area contributed by atoms with E-state index in [9.17, 15) is 0 Å². The van der Waals surface area contributed by atoms with E-state index in [1.54, 1.807) is 7.11 Å². The second-order valence-electron chi connectivity index (χ2n) is 3.81. The molecule has 0 aliphatic carbocycles. The van der Waals surface area contributed by atoms with Crippen LogP contribution in [-0.4, -0.2) is 29.2 Å². The smallest absolute Gasteiger partial charge is 0.322 e. The number of anilines is 3. The Balaban J connectivity index is 2.28. The van der Waals surface area contributed by atoms with Gasteiger partial charge < -0.3 is 20.5 Å². The summed E-state index contributed by atoms with van der Waals surface area (Å²) < 4.78 is 10.1. The molecule has 0 atom stereocenters. The van der Waals surface area contributed by atoms with Crippen molar-refractivity contribution in [1.82, 2.24) is 15.0 Å². The molecule has 1 aromatic heterocycles. The van der Waals surface area contributed by atoms with Gasteiger partial charge in [0.05, 0.1) is 14.2 Å². The zero-order valence-electron chi connectivity index (χ0n) is 11.0. The molecular weight excluding hydrogens is 246 g/mol. The average molecular weight is 261 g/mol. The van der Waals surface area contributed by atoms with Crippen molar-refractivity contribution >= 4 is 17.6 Å². The molecule has 19 heavy (non-hydrogen) atoms. The third-order valence-electron chi connectivity index (χ3n) is 2.49. The zero-order chi connectivity index (χ0) is 13.8. The maximum Gasteiger partial charge on any atom is 0.322 e. The second-order valence-corrected chi connectivity index (χ2v) is 3.81. The fraction of sp³-hybridized carbons (Fsp3) is 0.250. The Labute approximate surface area is 110 Å². The fourth-order valence-corrected chi connectivity index (χ4v) is 1.54. The molecule has 100 valence electrons. The number of benzene rings is 1. The van der Waals surface area contributed by atoms with Crippen molar-refractivity contribution in [3.63, 3.8) is 0 Å². The quantitative estimate of drug-likeness (QED) is 0.861. The Hall–Kier alpha value is -2.57. The highest BCUT2D eigenvalue weighted by atomic mass is 16.5. The van der Waals surface area contributed by atoms with E-state index < -0.39 is 0 Å². The molecule has 2 aromatic rings. The van der Waals surface area contributed by atoms with E-state index in [-0.39, 0.29) is 12.0 Å². The minimum atomic E-state index is 0.0977. The van der Waals surface area contributed by atoms with E-state index in [2.05, 4.69) is 20.3 Å². The highest BCUT2D eigenvalue weighted by molar-refractivity contribution is 5.60. The summed E-state index contributed by atoms with van der Waals surface area (Å²) in [5, 5.41) is 3.06. The number of nitrogens with one attached hydrogen (secondary N) is 1. The van der Waals surface area contributed by atoms with Gasteiger partial charge in [0, 0.05) is 5.69 Å². The lowest BCUT2D eigenvalue weighted by molar-refractivity contribution is 0.380. The van der Waals surface area contributed by atoms with Crippen molar-refractivity contribution in [2.24, 2.45) is 0 Å². The molecule has 0 saturated heterocycles. The number of rotatable bonds is 4. The van der Waals surface area contributed by atoms with Gasteiger partial charge >= 0.3 is 6.01 Å². The van der Waals surface area contributed by atoms with Crippen LogP contribution >= 0.6 is 0 Å². The van der Waals surface area contributed by atoms with Crippen molar-refractivity contribution in [2.75, 3.05) is 25.3 Å². The summed E-state index contributed by atoms with van der Waals surface area (Å²) in [6, 6.07) is 5.79. The average Bonchev–Trinajstić information content (AvgIpc) is 2.40. The van der Waals surface area contributed by atoms with Gasteiger partial charge in [-0.15, -0.1) is 0 Å². The van der Waals surface area contributed by atoms with Gasteiger partial charge in [-0.25, -0.2) is 0 Å². The van der Waals surface area contributed by atoms with Crippen molar-refractivity contribution in [3.8, 4) is 11.8 Å². The summed E-state index contributed by atoms with van der Waals surface area (Å²) in [5.74, 6) is 1.22. The lowest BCUT2D eigenvalue weighted by Gasteiger charge is -2.10. The third-order valence-corrected chi connectivity index (χ3v) is 2.49. The molecule has 7 heteroatoms. The lowest BCUT2D eigenvalue weighted by Crippen LogP contribution is -2.05. The van der Waals surface area contributed by atoms with Crippen LogP contribution in [-0.2, 0) is 0 Å². The summed E-state index contributed by atoms with van der Waals surface area (Å²) >= 11 is 0. The number of hydrogen-bond donors (Lipinski definition) is 2. The minimum Gasteiger partial charge on any atom is -0.497 e. The molecule has 0 amide bonds. The SMILES string of the molecule is COc1ccc(Nc2nc(N)nc(OC)n2)c(C)c1. The standard InChI is InChI=1S/C12H15N5O2/c1-7-6-8(18-2)4-5-9(7)14-11-15-10(13)16-12(17-11)19-3/h4-6H,1-3H3,(H3,13,14,15,16,17). The summed E-state index contributed by atoms with van der Waals surface area (Å²) in [6.07, 6.45) is 0. The van der Waals surface area contributed by atoms with Gasteiger partial charge in [-0.1, -0.05) is 0 Å². The van der Waals surface area contributed by atoms with Crippen LogP contribution in [0.4, 0.5) is 17.6 Å². The first kappa shape index (κ1) is 12.9. The van der Waals surface area contributed by atoms with E-state index in [0.29, 0.717) is 5.95 Å². The van der Waals surface area contributed by atoms with E-state index in [1.807, 2.05) is 25.1 Å². The Morgan fingerprint density at radius 1 is 1.11 bits per heavy atom. The predicted octanol–water partition coefficient (Wildman–Crippen LogP) is 1.52. The molecule has 0 aliphatic rings. The van der Waals surface area contributed by atoms with E-state index >= 15 is 0 Å². The van der Waals surface area contributed by atoms with Crippen molar-refractivity contribution in [1.29, 1.82) is 0 Å². The number of methoxy groups -OCH3 is 2. The summed E-state index contributed by atoms with van der Waals surface area (Å²) in [7, 11) is 3.09. The van der Waals surface area contributed by atoms with Gasteiger partial charge in [0.2, 0.25) is 11.9 Å². The fourth-order valence-electron chi connectivity index (χ4n) is 1.54. The Morgan fingerprint density at radius 3 is 2.53 bits per heavy atom. The van der Waals surface area contributed by atoms with E-state index in [1.165, 1.54) is 7.11 Å². The Bertz CT molecular complexity index is 588. The Morgan fingerprint density at radius 2 is 1.89 bits per heavy atom. The van der Waals surface area contributed by atoms with Gasteiger partial charge in [-0.2, -0.15) is 15.0 Å². The van der Waals surface area contributed by atoms with Crippen molar-refractivity contribution in [2.45, 2.75) is 6.92 Å². The first-order valence-electron chi connectivity index (χ1n) is 5.59. The van der Waals surface area contributed by atoms with Crippen LogP contribution in [0.25, 0.3) is 0 Å². The van der Waals surface area contributed by atoms with Gasteiger partial charge in [-0.3, -0.25) is 0 Å². The molecule has 2 rings (SSSR count). The largest absolute Gasteiger partial charge is 0.497 e. The molecule has 0 spiro atoms. The molecule has 0 radical (unpaired) electrons. The summed E-state index contributed by atoms with van der Waals surface area (Å²) in [5.41, 5.74) is 7.42. The molecule has 1 aromatic carbocycles. The number of hydrogen-bond acceptors (Lipinski definition) is 7. The van der Waals surface area contributed by atoms with Gasteiger partial charge in [-0.05, 0) is 30.7 Å². The van der Waals surface area contributed by atoms with Crippen LogP contribution in [0, 0.1) is 6.92 Å². The van der Waals surface area contributed by atoms with Crippen LogP contribution < -0.4 is 20.5 Å². The Kier molecular flexibility index (Phi) is 3.65. The summed E-state index contributed by atoms with van der Waals surface area (Å²) in [4.78, 5) is 11.9. The normalized spacial score (nSPS) is 10.1. The number of ether oxygens (including phenoxy) is 2. The molecular formula is C12H15N5O2. The lowest BCUT2D eigenvalue weighted by atomic mass is 10.2. The number of aryl methyl sites for hydroxylation is 1. The van der Waals surface area contributed by atoms with Gasteiger partial charge in [0.1, 0.15) is 5.75 Å². The topological polar surface area (TPSA) is 95.2 Å². The van der Waals surface area contributed by atoms with Crippen molar-refractivity contribution in [3.05, 3.63) is 23.8 Å².